The van der Waals surface area contributed by atoms with Gasteiger partial charge in [-0.2, -0.15) is 4.31 Å². The average Bonchev–Trinajstić information content (AvgIpc) is 3.16. The molecule has 2 atom stereocenters. The molecule has 1 N–H and O–H groups in total. The summed E-state index contributed by atoms with van der Waals surface area (Å²) in [5.74, 6) is 0.853. The third-order valence-electron chi connectivity index (χ3n) is 5.89. The summed E-state index contributed by atoms with van der Waals surface area (Å²) in [7, 11) is -1.51. The standard InChI is InChI=1S/C19H37N5O4S/c1-16(2)27-11-12-29(25,26)24-9-7-22(8-10-24)19(20-3)21-13-18-14-23-6-4-5-17(23)15-28-18/h16-18H,4-15H2,1-3H3,(H,20,21). The van der Waals surface area contributed by atoms with Crippen LogP contribution in [0.25, 0.3) is 0 Å². The van der Waals surface area contributed by atoms with Gasteiger partial charge in [-0.05, 0) is 33.2 Å². The molecule has 0 amide bonds. The van der Waals surface area contributed by atoms with Crippen molar-refractivity contribution >= 4 is 16.0 Å². The van der Waals surface area contributed by atoms with E-state index in [1.807, 2.05) is 13.8 Å². The van der Waals surface area contributed by atoms with E-state index in [-0.39, 0.29) is 24.6 Å². The van der Waals surface area contributed by atoms with Crippen molar-refractivity contribution < 1.29 is 17.9 Å². The largest absolute Gasteiger partial charge is 0.378 e. The van der Waals surface area contributed by atoms with Crippen LogP contribution in [-0.2, 0) is 19.5 Å². The quantitative estimate of drug-likeness (QED) is 0.441. The van der Waals surface area contributed by atoms with E-state index in [1.165, 1.54) is 19.4 Å². The van der Waals surface area contributed by atoms with Crippen molar-refractivity contribution in [2.75, 3.05) is 71.8 Å². The van der Waals surface area contributed by atoms with Crippen LogP contribution in [-0.4, -0.2) is 119 Å². The Morgan fingerprint density at radius 1 is 1.24 bits per heavy atom. The Balaban J connectivity index is 1.41. The van der Waals surface area contributed by atoms with E-state index < -0.39 is 10.0 Å². The molecule has 0 aromatic carbocycles. The first-order chi connectivity index (χ1) is 13.9. The monoisotopic (exact) mass is 431 g/mol. The number of hydrogen-bond acceptors (Lipinski definition) is 6. The number of morpholine rings is 1. The zero-order chi connectivity index (χ0) is 20.9. The Bertz CT molecular complexity index is 649. The number of aliphatic imine (C=N–C) groups is 1. The molecule has 3 saturated heterocycles. The summed E-state index contributed by atoms with van der Waals surface area (Å²) in [6, 6.07) is 0.603. The molecule has 3 aliphatic heterocycles. The van der Waals surface area contributed by atoms with Crippen LogP contribution >= 0.6 is 0 Å². The highest BCUT2D eigenvalue weighted by Gasteiger charge is 2.33. The summed E-state index contributed by atoms with van der Waals surface area (Å²) in [4.78, 5) is 9.05. The molecule has 168 valence electrons. The zero-order valence-corrected chi connectivity index (χ0v) is 18.9. The van der Waals surface area contributed by atoms with E-state index in [0.717, 1.165) is 25.7 Å². The second-order valence-corrected chi connectivity index (χ2v) is 10.4. The van der Waals surface area contributed by atoms with Crippen LogP contribution in [0.4, 0.5) is 0 Å². The molecule has 0 aliphatic carbocycles. The van der Waals surface area contributed by atoms with Crippen LogP contribution in [0.2, 0.25) is 0 Å². The maximum absolute atomic E-state index is 12.5. The number of piperazine rings is 1. The summed E-state index contributed by atoms with van der Waals surface area (Å²) < 4.78 is 38.0. The number of guanidine groups is 1. The van der Waals surface area contributed by atoms with Crippen molar-refractivity contribution in [1.82, 2.24) is 19.4 Å². The molecule has 9 nitrogen and oxygen atoms in total. The van der Waals surface area contributed by atoms with Gasteiger partial charge in [0.05, 0.1) is 31.2 Å². The molecule has 10 heteroatoms. The Hall–Kier alpha value is -0.940. The molecule has 3 heterocycles. The molecule has 3 aliphatic rings. The minimum absolute atomic E-state index is 0.0364. The van der Waals surface area contributed by atoms with Gasteiger partial charge in [-0.1, -0.05) is 0 Å². The summed E-state index contributed by atoms with van der Waals surface area (Å²) in [6.07, 6.45) is 2.73. The minimum Gasteiger partial charge on any atom is -0.378 e. The van der Waals surface area contributed by atoms with Gasteiger partial charge in [0.1, 0.15) is 0 Å². The van der Waals surface area contributed by atoms with Crippen LogP contribution in [0.5, 0.6) is 0 Å². The van der Waals surface area contributed by atoms with Crippen molar-refractivity contribution in [3.63, 3.8) is 0 Å². The predicted molar refractivity (Wildman–Crippen MR) is 114 cm³/mol. The molecule has 0 spiro atoms. The van der Waals surface area contributed by atoms with Crippen LogP contribution in [0, 0.1) is 0 Å². The van der Waals surface area contributed by atoms with E-state index in [4.69, 9.17) is 9.47 Å². The summed E-state index contributed by atoms with van der Waals surface area (Å²) in [5.41, 5.74) is 0. The Kier molecular flexibility index (Phi) is 8.15. The molecular formula is C19H37N5O4S. The lowest BCUT2D eigenvalue weighted by Crippen LogP contribution is -2.56. The molecule has 2 unspecified atom stereocenters. The molecule has 3 rings (SSSR count). The maximum atomic E-state index is 12.5. The van der Waals surface area contributed by atoms with E-state index in [2.05, 4.69) is 20.1 Å². The van der Waals surface area contributed by atoms with E-state index in [9.17, 15) is 8.42 Å². The molecule has 0 radical (unpaired) electrons. The van der Waals surface area contributed by atoms with E-state index in [0.29, 0.717) is 32.2 Å². The first-order valence-corrected chi connectivity index (χ1v) is 12.4. The number of nitrogens with one attached hydrogen (secondary N) is 1. The molecule has 29 heavy (non-hydrogen) atoms. The number of rotatable bonds is 7. The van der Waals surface area contributed by atoms with Crippen molar-refractivity contribution in [2.45, 2.75) is 44.9 Å². The molecule has 0 saturated carbocycles. The number of nitrogens with zero attached hydrogens (tertiary/aromatic N) is 4. The van der Waals surface area contributed by atoms with Crippen molar-refractivity contribution in [3.05, 3.63) is 0 Å². The van der Waals surface area contributed by atoms with Gasteiger partial charge in [-0.3, -0.25) is 9.89 Å². The SMILES string of the molecule is CN=C(NCC1CN2CCCC2CO1)N1CCN(S(=O)(=O)CCOC(C)C)CC1. The summed E-state index contributed by atoms with van der Waals surface area (Å²) in [5, 5.41) is 3.43. The van der Waals surface area contributed by atoms with E-state index in [1.54, 1.807) is 11.4 Å². The number of ether oxygens (including phenoxy) is 2. The van der Waals surface area contributed by atoms with Crippen LogP contribution in [0.1, 0.15) is 26.7 Å². The fourth-order valence-electron chi connectivity index (χ4n) is 4.24. The highest BCUT2D eigenvalue weighted by molar-refractivity contribution is 7.89. The molecular weight excluding hydrogens is 394 g/mol. The third-order valence-corrected chi connectivity index (χ3v) is 7.72. The lowest BCUT2D eigenvalue weighted by atomic mass is 10.2. The molecule has 0 aromatic rings. The Labute approximate surface area is 175 Å². The van der Waals surface area contributed by atoms with Gasteiger partial charge >= 0.3 is 0 Å². The topological polar surface area (TPSA) is 86.7 Å². The van der Waals surface area contributed by atoms with Gasteiger partial charge in [0.15, 0.2) is 5.96 Å². The fraction of sp³-hybridized carbons (Fsp3) is 0.947. The molecule has 0 bridgehead atoms. The van der Waals surface area contributed by atoms with Gasteiger partial charge in [-0.15, -0.1) is 0 Å². The smallest absolute Gasteiger partial charge is 0.216 e. The maximum Gasteiger partial charge on any atom is 0.216 e. The molecule has 0 aromatic heterocycles. The van der Waals surface area contributed by atoms with Crippen LogP contribution < -0.4 is 5.32 Å². The fourth-order valence-corrected chi connectivity index (χ4v) is 5.53. The third kappa shape index (κ3) is 6.27. The van der Waals surface area contributed by atoms with Gasteiger partial charge < -0.3 is 19.7 Å². The first-order valence-electron chi connectivity index (χ1n) is 10.8. The van der Waals surface area contributed by atoms with Gasteiger partial charge in [0.25, 0.3) is 0 Å². The van der Waals surface area contributed by atoms with Crippen LogP contribution in [0.15, 0.2) is 4.99 Å². The van der Waals surface area contributed by atoms with Crippen molar-refractivity contribution in [1.29, 1.82) is 0 Å². The van der Waals surface area contributed by atoms with Crippen molar-refractivity contribution in [2.24, 2.45) is 4.99 Å². The Morgan fingerprint density at radius 3 is 2.69 bits per heavy atom. The van der Waals surface area contributed by atoms with E-state index >= 15 is 0 Å². The molecule has 3 fully saturated rings. The first kappa shape index (κ1) is 22.7. The highest BCUT2D eigenvalue weighted by Crippen LogP contribution is 2.22. The zero-order valence-electron chi connectivity index (χ0n) is 18.0. The highest BCUT2D eigenvalue weighted by atomic mass is 32.2. The number of hydrogen-bond donors (Lipinski definition) is 1. The summed E-state index contributed by atoms with van der Waals surface area (Å²) >= 11 is 0. The van der Waals surface area contributed by atoms with Crippen molar-refractivity contribution in [3.8, 4) is 0 Å². The number of sulfonamides is 1. The van der Waals surface area contributed by atoms with Gasteiger partial charge in [-0.25, -0.2) is 8.42 Å². The van der Waals surface area contributed by atoms with Crippen LogP contribution in [0.3, 0.4) is 0 Å². The lowest BCUT2D eigenvalue weighted by molar-refractivity contribution is -0.0455. The van der Waals surface area contributed by atoms with Gasteiger partial charge in [0, 0.05) is 52.4 Å². The predicted octanol–water partition coefficient (Wildman–Crippen LogP) is -0.203. The minimum atomic E-state index is -3.28. The Morgan fingerprint density at radius 2 is 2.00 bits per heavy atom. The second-order valence-electron chi connectivity index (χ2n) is 8.30. The van der Waals surface area contributed by atoms with Gasteiger partial charge in [0.2, 0.25) is 10.0 Å². The summed E-state index contributed by atoms with van der Waals surface area (Å²) in [6.45, 7) is 9.95. The normalized spacial score (nSPS) is 27.4. The number of fused-ring (bicyclic) bond motifs is 1. The second kappa shape index (κ2) is 10.4. The lowest BCUT2D eigenvalue weighted by Gasteiger charge is -2.38. The average molecular weight is 432 g/mol.